The summed E-state index contributed by atoms with van der Waals surface area (Å²) in [5.41, 5.74) is 0.0715. The summed E-state index contributed by atoms with van der Waals surface area (Å²) in [7, 11) is 0. The molecular formula is C17H23N5O4. The number of hydrogen-bond donors (Lipinski definition) is 2. The second-order valence-corrected chi connectivity index (χ2v) is 6.80. The van der Waals surface area contributed by atoms with Gasteiger partial charge in [-0.1, -0.05) is 19.0 Å². The first-order chi connectivity index (χ1) is 12.4. The van der Waals surface area contributed by atoms with Gasteiger partial charge in [-0.2, -0.15) is 9.97 Å². The highest BCUT2D eigenvalue weighted by atomic mass is 16.5. The van der Waals surface area contributed by atoms with Crippen molar-refractivity contribution in [2.45, 2.75) is 45.6 Å². The number of hydrogen-bond acceptors (Lipinski definition) is 7. The Morgan fingerprint density at radius 3 is 2.65 bits per heavy atom. The summed E-state index contributed by atoms with van der Waals surface area (Å²) in [6.45, 7) is 6.87. The van der Waals surface area contributed by atoms with E-state index in [4.69, 9.17) is 9.26 Å². The number of amides is 1. The topological polar surface area (TPSA) is 123 Å². The van der Waals surface area contributed by atoms with Gasteiger partial charge in [-0.25, -0.2) is 4.79 Å². The zero-order valence-corrected chi connectivity index (χ0v) is 15.1. The second kappa shape index (κ2) is 7.77. The predicted molar refractivity (Wildman–Crippen MR) is 91.7 cm³/mol. The number of H-pyrrole nitrogens is 1. The van der Waals surface area contributed by atoms with Crippen LogP contribution in [-0.4, -0.2) is 39.2 Å². The van der Waals surface area contributed by atoms with Crippen LogP contribution < -0.4 is 11.0 Å². The number of aromatic nitrogens is 4. The summed E-state index contributed by atoms with van der Waals surface area (Å²) >= 11 is 0. The molecule has 0 radical (unpaired) electrons. The molecule has 0 saturated carbocycles. The van der Waals surface area contributed by atoms with Crippen molar-refractivity contribution >= 4 is 5.91 Å². The average Bonchev–Trinajstić information content (AvgIpc) is 3.09. The number of nitrogens with one attached hydrogen (secondary N) is 2. The number of nitrogens with zero attached hydrogens (tertiary/aromatic N) is 3. The van der Waals surface area contributed by atoms with Gasteiger partial charge in [-0.3, -0.25) is 4.79 Å². The fraction of sp³-hybridized carbons (Fsp3) is 0.588. The lowest BCUT2D eigenvalue weighted by Gasteiger charge is -2.28. The minimum absolute atomic E-state index is 0.0620. The molecule has 3 rings (SSSR count). The second-order valence-electron chi connectivity index (χ2n) is 6.80. The lowest BCUT2D eigenvalue weighted by atomic mass is 9.91. The molecule has 2 aromatic heterocycles. The summed E-state index contributed by atoms with van der Waals surface area (Å²) < 4.78 is 10.8. The summed E-state index contributed by atoms with van der Waals surface area (Å²) in [6, 6.07) is 1.08. The van der Waals surface area contributed by atoms with Crippen LogP contribution in [0.4, 0.5) is 0 Å². The smallest absolute Gasteiger partial charge is 0.345 e. The van der Waals surface area contributed by atoms with Crippen molar-refractivity contribution in [1.82, 2.24) is 25.4 Å². The van der Waals surface area contributed by atoms with E-state index in [0.717, 1.165) is 12.8 Å². The van der Waals surface area contributed by atoms with Gasteiger partial charge in [0.1, 0.15) is 11.7 Å². The third-order valence-electron chi connectivity index (χ3n) is 4.38. The van der Waals surface area contributed by atoms with Gasteiger partial charge in [0.2, 0.25) is 5.89 Å². The molecule has 0 spiro atoms. The lowest BCUT2D eigenvalue weighted by Crippen LogP contribution is -2.37. The number of aryl methyl sites for hydroxylation is 1. The molecule has 2 aromatic rings. The van der Waals surface area contributed by atoms with Crippen molar-refractivity contribution in [3.05, 3.63) is 39.7 Å². The van der Waals surface area contributed by atoms with E-state index in [1.54, 1.807) is 6.92 Å². The van der Waals surface area contributed by atoms with Crippen LogP contribution in [-0.2, 0) is 4.74 Å². The molecule has 0 bridgehead atoms. The first-order valence-electron chi connectivity index (χ1n) is 8.74. The Balaban J connectivity index is 1.86. The highest BCUT2D eigenvalue weighted by molar-refractivity contribution is 5.92. The monoisotopic (exact) mass is 361 g/mol. The standard InChI is InChI=1S/C17H23N5O4/c1-9(2)14-21-16(26-22-14)13(11-4-6-25-7-5-11)20-15(23)12-8-10(3)18-17(24)19-12/h8-9,11,13H,4-7H2,1-3H3,(H,20,23)(H,18,19,24). The van der Waals surface area contributed by atoms with Crippen LogP contribution in [0.5, 0.6) is 0 Å². The van der Waals surface area contributed by atoms with Gasteiger partial charge >= 0.3 is 5.69 Å². The van der Waals surface area contributed by atoms with E-state index in [1.807, 2.05) is 13.8 Å². The predicted octanol–water partition coefficient (Wildman–Crippen LogP) is 1.48. The van der Waals surface area contributed by atoms with Gasteiger partial charge < -0.3 is 19.6 Å². The summed E-state index contributed by atoms with van der Waals surface area (Å²) in [6.07, 6.45) is 1.54. The van der Waals surface area contributed by atoms with Crippen LogP contribution in [0.3, 0.4) is 0 Å². The molecule has 1 unspecified atom stereocenters. The van der Waals surface area contributed by atoms with Gasteiger partial charge in [-0.05, 0) is 31.7 Å². The van der Waals surface area contributed by atoms with Crippen molar-refractivity contribution in [2.24, 2.45) is 5.92 Å². The first-order valence-corrected chi connectivity index (χ1v) is 8.74. The minimum Gasteiger partial charge on any atom is -0.381 e. The molecule has 0 aliphatic carbocycles. The normalized spacial score (nSPS) is 16.6. The SMILES string of the molecule is Cc1cc(C(=O)NC(c2nc(C(C)C)no2)C2CCOCC2)nc(=O)[nH]1. The molecule has 3 heterocycles. The summed E-state index contributed by atoms with van der Waals surface area (Å²) in [5.74, 6) is 0.749. The van der Waals surface area contributed by atoms with Gasteiger partial charge in [0.15, 0.2) is 5.82 Å². The maximum absolute atomic E-state index is 12.7. The Hall–Kier alpha value is -2.55. The Morgan fingerprint density at radius 1 is 1.31 bits per heavy atom. The quantitative estimate of drug-likeness (QED) is 0.827. The van der Waals surface area contributed by atoms with Crippen LogP contribution >= 0.6 is 0 Å². The van der Waals surface area contributed by atoms with Crippen LogP contribution in [0.25, 0.3) is 0 Å². The van der Waals surface area contributed by atoms with Crippen molar-refractivity contribution < 1.29 is 14.1 Å². The molecular weight excluding hydrogens is 338 g/mol. The Bertz CT molecular complexity index is 823. The van der Waals surface area contributed by atoms with Crippen LogP contribution in [0.2, 0.25) is 0 Å². The zero-order valence-electron chi connectivity index (χ0n) is 15.1. The minimum atomic E-state index is -0.558. The molecule has 2 N–H and O–H groups in total. The van der Waals surface area contributed by atoms with Gasteiger partial charge in [-0.15, -0.1) is 0 Å². The highest BCUT2D eigenvalue weighted by Gasteiger charge is 2.32. The van der Waals surface area contributed by atoms with Crippen LogP contribution in [0.15, 0.2) is 15.4 Å². The van der Waals surface area contributed by atoms with E-state index in [1.165, 1.54) is 6.07 Å². The Kier molecular flexibility index (Phi) is 5.46. The van der Waals surface area contributed by atoms with Crippen LogP contribution in [0, 0.1) is 12.8 Å². The van der Waals surface area contributed by atoms with Gasteiger partial charge in [0.05, 0.1) is 0 Å². The molecule has 1 amide bonds. The van der Waals surface area contributed by atoms with Gasteiger partial charge in [0.25, 0.3) is 5.91 Å². The maximum Gasteiger partial charge on any atom is 0.345 e. The van der Waals surface area contributed by atoms with Gasteiger partial charge in [0, 0.05) is 24.8 Å². The third kappa shape index (κ3) is 4.16. The largest absolute Gasteiger partial charge is 0.381 e. The van der Waals surface area contributed by atoms with E-state index in [0.29, 0.717) is 30.6 Å². The molecule has 0 aromatic carbocycles. The van der Waals surface area contributed by atoms with E-state index >= 15 is 0 Å². The number of carbonyl (C=O) groups is 1. The molecule has 1 aliphatic rings. The van der Waals surface area contributed by atoms with Crippen molar-refractivity contribution in [1.29, 1.82) is 0 Å². The first kappa shape index (κ1) is 18.2. The third-order valence-corrected chi connectivity index (χ3v) is 4.38. The molecule has 26 heavy (non-hydrogen) atoms. The summed E-state index contributed by atoms with van der Waals surface area (Å²) in [4.78, 5) is 34.9. The number of aromatic amines is 1. The molecule has 1 saturated heterocycles. The van der Waals surface area contributed by atoms with Crippen molar-refractivity contribution in [3.63, 3.8) is 0 Å². The molecule has 140 valence electrons. The van der Waals surface area contributed by atoms with Crippen LogP contribution in [0.1, 0.15) is 66.5 Å². The summed E-state index contributed by atoms with van der Waals surface area (Å²) in [5, 5.41) is 6.92. The Labute approximate surface area is 150 Å². The molecule has 1 fully saturated rings. The van der Waals surface area contributed by atoms with E-state index in [2.05, 4.69) is 25.4 Å². The molecule has 1 atom stereocenters. The average molecular weight is 361 g/mol. The number of ether oxygens (including phenoxy) is 1. The fourth-order valence-electron chi connectivity index (χ4n) is 2.95. The highest BCUT2D eigenvalue weighted by Crippen LogP contribution is 2.30. The van der Waals surface area contributed by atoms with Crippen molar-refractivity contribution in [2.75, 3.05) is 13.2 Å². The van der Waals surface area contributed by atoms with E-state index in [-0.39, 0.29) is 17.5 Å². The van der Waals surface area contributed by atoms with E-state index in [9.17, 15) is 9.59 Å². The molecule has 1 aliphatic heterocycles. The lowest BCUT2D eigenvalue weighted by molar-refractivity contribution is 0.0467. The Morgan fingerprint density at radius 2 is 2.04 bits per heavy atom. The van der Waals surface area contributed by atoms with E-state index < -0.39 is 17.6 Å². The number of carbonyl (C=O) groups excluding carboxylic acids is 1. The van der Waals surface area contributed by atoms with Crippen molar-refractivity contribution in [3.8, 4) is 0 Å². The molecule has 9 heteroatoms. The number of rotatable bonds is 5. The molecule has 9 nitrogen and oxygen atoms in total. The fourth-order valence-corrected chi connectivity index (χ4v) is 2.95. The maximum atomic E-state index is 12.7. The zero-order chi connectivity index (χ0) is 18.7.